The highest BCUT2D eigenvalue weighted by molar-refractivity contribution is 5.74. The summed E-state index contributed by atoms with van der Waals surface area (Å²) < 4.78 is 0. The van der Waals surface area contributed by atoms with E-state index in [2.05, 4.69) is 15.6 Å². The maximum absolute atomic E-state index is 12.0. The molecule has 2 unspecified atom stereocenters. The van der Waals surface area contributed by atoms with Gasteiger partial charge in [0.15, 0.2) is 0 Å². The highest BCUT2D eigenvalue weighted by atomic mass is 16.3. The molecule has 5 nitrogen and oxygen atoms in total. The van der Waals surface area contributed by atoms with Crippen molar-refractivity contribution in [1.82, 2.24) is 15.6 Å². The summed E-state index contributed by atoms with van der Waals surface area (Å²) in [7, 11) is 0. The first-order valence-electron chi connectivity index (χ1n) is 7.76. The van der Waals surface area contributed by atoms with Crippen molar-refractivity contribution >= 4 is 6.03 Å². The van der Waals surface area contributed by atoms with Gasteiger partial charge in [-0.05, 0) is 31.4 Å². The van der Waals surface area contributed by atoms with E-state index in [9.17, 15) is 9.90 Å². The summed E-state index contributed by atoms with van der Waals surface area (Å²) in [5.74, 6) is 0.176. The molecule has 21 heavy (non-hydrogen) atoms. The Morgan fingerprint density at radius 1 is 1.38 bits per heavy atom. The van der Waals surface area contributed by atoms with Crippen molar-refractivity contribution in [3.8, 4) is 0 Å². The molecule has 0 radical (unpaired) electrons. The summed E-state index contributed by atoms with van der Waals surface area (Å²) in [4.78, 5) is 16.3. The third-order valence-electron chi connectivity index (χ3n) is 4.24. The van der Waals surface area contributed by atoms with Crippen molar-refractivity contribution in [2.24, 2.45) is 5.92 Å². The smallest absolute Gasteiger partial charge is 0.315 e. The van der Waals surface area contributed by atoms with Gasteiger partial charge in [0.25, 0.3) is 0 Å². The predicted molar refractivity (Wildman–Crippen MR) is 81.8 cm³/mol. The Kier molecular flexibility index (Phi) is 5.99. The Hall–Kier alpha value is -1.62. The highest BCUT2D eigenvalue weighted by Crippen LogP contribution is 2.23. The standard InChI is InChI=1S/C16H25N3O2/c1-12-6-5-9-17-15(12)10-18-16(21)19-14-8-4-2-3-7-13(14)11-20/h5-6,9,13-14,20H,2-4,7-8,10-11H2,1H3,(H2,18,19,21). The number of aromatic nitrogens is 1. The van der Waals surface area contributed by atoms with Gasteiger partial charge in [-0.1, -0.05) is 25.3 Å². The van der Waals surface area contributed by atoms with Crippen LogP contribution in [0.4, 0.5) is 4.79 Å². The second kappa shape index (κ2) is 7.98. The fourth-order valence-electron chi connectivity index (χ4n) is 2.88. The van der Waals surface area contributed by atoms with Gasteiger partial charge in [0.2, 0.25) is 0 Å². The van der Waals surface area contributed by atoms with Crippen molar-refractivity contribution in [3.63, 3.8) is 0 Å². The van der Waals surface area contributed by atoms with E-state index >= 15 is 0 Å². The van der Waals surface area contributed by atoms with Crippen LogP contribution in [0.25, 0.3) is 0 Å². The molecule has 1 aliphatic carbocycles. The first-order chi connectivity index (χ1) is 10.2. The summed E-state index contributed by atoms with van der Waals surface area (Å²) in [5, 5.41) is 15.3. The van der Waals surface area contributed by atoms with Crippen LogP contribution < -0.4 is 10.6 Å². The lowest BCUT2D eigenvalue weighted by atomic mass is 9.96. The third-order valence-corrected chi connectivity index (χ3v) is 4.24. The number of aliphatic hydroxyl groups is 1. The van der Waals surface area contributed by atoms with Crippen molar-refractivity contribution < 1.29 is 9.90 Å². The zero-order valence-electron chi connectivity index (χ0n) is 12.6. The molecule has 1 heterocycles. The van der Waals surface area contributed by atoms with Crippen molar-refractivity contribution in [1.29, 1.82) is 0 Å². The number of hydrogen-bond donors (Lipinski definition) is 3. The lowest BCUT2D eigenvalue weighted by molar-refractivity contribution is 0.179. The maximum atomic E-state index is 12.0. The van der Waals surface area contributed by atoms with Crippen LogP contribution in [-0.4, -0.2) is 28.8 Å². The Balaban J connectivity index is 1.84. The van der Waals surface area contributed by atoms with Gasteiger partial charge < -0.3 is 15.7 Å². The Labute approximate surface area is 126 Å². The average Bonchev–Trinajstić information content (AvgIpc) is 2.71. The highest BCUT2D eigenvalue weighted by Gasteiger charge is 2.24. The molecule has 1 aromatic heterocycles. The number of aryl methyl sites for hydroxylation is 1. The van der Waals surface area contributed by atoms with Crippen molar-refractivity contribution in [2.75, 3.05) is 6.61 Å². The number of amides is 2. The lowest BCUT2D eigenvalue weighted by Crippen LogP contribution is -2.46. The number of nitrogens with zero attached hydrogens (tertiary/aromatic N) is 1. The number of rotatable bonds is 4. The topological polar surface area (TPSA) is 74.2 Å². The normalized spacial score (nSPS) is 22.4. The molecule has 1 fully saturated rings. The van der Waals surface area contributed by atoms with E-state index in [0.717, 1.165) is 36.9 Å². The van der Waals surface area contributed by atoms with Crippen LogP contribution in [0.1, 0.15) is 43.4 Å². The molecular weight excluding hydrogens is 266 g/mol. The molecule has 116 valence electrons. The van der Waals surface area contributed by atoms with Gasteiger partial charge in [0, 0.05) is 24.8 Å². The summed E-state index contributed by atoms with van der Waals surface area (Å²) in [6, 6.07) is 3.76. The number of aliphatic hydroxyl groups excluding tert-OH is 1. The average molecular weight is 291 g/mol. The summed E-state index contributed by atoms with van der Waals surface area (Å²) in [6.07, 6.45) is 7.10. The van der Waals surface area contributed by atoms with E-state index < -0.39 is 0 Å². The number of hydrogen-bond acceptors (Lipinski definition) is 3. The molecule has 0 aromatic carbocycles. The van der Waals surface area contributed by atoms with Crippen LogP contribution in [0.3, 0.4) is 0 Å². The molecular formula is C16H25N3O2. The summed E-state index contributed by atoms with van der Waals surface area (Å²) >= 11 is 0. The molecule has 0 spiro atoms. The quantitative estimate of drug-likeness (QED) is 0.744. The monoisotopic (exact) mass is 291 g/mol. The van der Waals surface area contributed by atoms with Gasteiger partial charge in [0.05, 0.1) is 12.2 Å². The van der Waals surface area contributed by atoms with Crippen molar-refractivity contribution in [2.45, 2.75) is 51.6 Å². The second-order valence-corrected chi connectivity index (χ2v) is 5.78. The molecule has 5 heteroatoms. The molecule has 0 bridgehead atoms. The first-order valence-corrected chi connectivity index (χ1v) is 7.76. The van der Waals surface area contributed by atoms with Crippen LogP contribution in [-0.2, 0) is 6.54 Å². The van der Waals surface area contributed by atoms with Gasteiger partial charge in [-0.15, -0.1) is 0 Å². The molecule has 3 N–H and O–H groups in total. The summed E-state index contributed by atoms with van der Waals surface area (Å²) in [6.45, 7) is 2.55. The van der Waals surface area contributed by atoms with Gasteiger partial charge in [-0.3, -0.25) is 4.98 Å². The molecule has 0 aliphatic heterocycles. The minimum Gasteiger partial charge on any atom is -0.396 e. The number of carbonyl (C=O) groups is 1. The molecule has 2 amide bonds. The zero-order chi connectivity index (χ0) is 15.1. The van der Waals surface area contributed by atoms with Crippen LogP contribution in [0.15, 0.2) is 18.3 Å². The molecule has 0 saturated heterocycles. The second-order valence-electron chi connectivity index (χ2n) is 5.78. The Morgan fingerprint density at radius 3 is 2.95 bits per heavy atom. The molecule has 2 rings (SSSR count). The minimum atomic E-state index is -0.176. The van der Waals surface area contributed by atoms with Gasteiger partial charge in [0.1, 0.15) is 0 Å². The van der Waals surface area contributed by atoms with Crippen LogP contribution in [0.2, 0.25) is 0 Å². The minimum absolute atomic E-state index is 0.0716. The predicted octanol–water partition coefficient (Wildman–Crippen LogP) is 2.13. The molecule has 1 aromatic rings. The number of carbonyl (C=O) groups excluding carboxylic acids is 1. The molecule has 1 aliphatic rings. The molecule has 1 saturated carbocycles. The Bertz CT molecular complexity index is 465. The van der Waals surface area contributed by atoms with E-state index in [1.54, 1.807) is 6.20 Å². The fraction of sp³-hybridized carbons (Fsp3) is 0.625. The van der Waals surface area contributed by atoms with Crippen LogP contribution >= 0.6 is 0 Å². The van der Waals surface area contributed by atoms with E-state index in [1.807, 2.05) is 19.1 Å². The van der Waals surface area contributed by atoms with E-state index in [-0.39, 0.29) is 24.6 Å². The van der Waals surface area contributed by atoms with E-state index in [1.165, 1.54) is 6.42 Å². The van der Waals surface area contributed by atoms with Gasteiger partial charge in [-0.2, -0.15) is 0 Å². The number of urea groups is 1. The number of pyridine rings is 1. The van der Waals surface area contributed by atoms with Gasteiger partial charge >= 0.3 is 6.03 Å². The fourth-order valence-corrected chi connectivity index (χ4v) is 2.88. The number of nitrogens with one attached hydrogen (secondary N) is 2. The van der Waals surface area contributed by atoms with E-state index in [0.29, 0.717) is 6.54 Å². The Morgan fingerprint density at radius 2 is 2.19 bits per heavy atom. The van der Waals surface area contributed by atoms with E-state index in [4.69, 9.17) is 0 Å². The maximum Gasteiger partial charge on any atom is 0.315 e. The van der Waals surface area contributed by atoms with Crippen LogP contribution in [0, 0.1) is 12.8 Å². The lowest BCUT2D eigenvalue weighted by Gasteiger charge is -2.24. The molecule has 2 atom stereocenters. The first kappa shape index (κ1) is 15.8. The zero-order valence-corrected chi connectivity index (χ0v) is 12.6. The van der Waals surface area contributed by atoms with Crippen molar-refractivity contribution in [3.05, 3.63) is 29.6 Å². The van der Waals surface area contributed by atoms with Gasteiger partial charge in [-0.25, -0.2) is 4.79 Å². The largest absolute Gasteiger partial charge is 0.396 e. The summed E-state index contributed by atoms with van der Waals surface area (Å²) in [5.41, 5.74) is 1.95. The SMILES string of the molecule is Cc1cccnc1CNC(=O)NC1CCCCCC1CO. The third kappa shape index (κ3) is 4.70. The van der Waals surface area contributed by atoms with Crippen LogP contribution in [0.5, 0.6) is 0 Å².